The van der Waals surface area contributed by atoms with Gasteiger partial charge in [-0.15, -0.1) is 0 Å². The van der Waals surface area contributed by atoms with Crippen molar-refractivity contribution in [3.8, 4) is 5.75 Å². The van der Waals surface area contributed by atoms with Gasteiger partial charge in [0.05, 0.1) is 6.54 Å². The molecule has 7 heteroatoms. The van der Waals surface area contributed by atoms with Crippen molar-refractivity contribution in [2.45, 2.75) is 0 Å². The molecule has 0 aliphatic heterocycles. The fraction of sp³-hybridized carbons (Fsp3) is 0.222. The van der Waals surface area contributed by atoms with Gasteiger partial charge < -0.3 is 25.4 Å². The molecule has 3 amide bonds. The third-order valence-corrected chi connectivity index (χ3v) is 3.10. The topological polar surface area (TPSA) is 88.7 Å². The van der Waals surface area contributed by atoms with E-state index in [0.29, 0.717) is 24.5 Å². The lowest BCUT2D eigenvalue weighted by atomic mass is 10.3. The molecule has 0 aliphatic carbocycles. The number of ether oxygens (including phenoxy) is 2. The molecule has 25 heavy (non-hydrogen) atoms. The van der Waals surface area contributed by atoms with E-state index in [2.05, 4.69) is 16.0 Å². The fourth-order valence-electron chi connectivity index (χ4n) is 1.99. The van der Waals surface area contributed by atoms with Crippen molar-refractivity contribution < 1.29 is 19.1 Å². The number of carbonyl (C=O) groups is 2. The van der Waals surface area contributed by atoms with Crippen molar-refractivity contribution in [1.82, 2.24) is 5.32 Å². The molecule has 0 saturated carbocycles. The predicted molar refractivity (Wildman–Crippen MR) is 95.9 cm³/mol. The summed E-state index contributed by atoms with van der Waals surface area (Å²) in [5.41, 5.74) is 1.25. The first-order chi connectivity index (χ1) is 12.2. The second-order valence-electron chi connectivity index (χ2n) is 5.10. The van der Waals surface area contributed by atoms with Gasteiger partial charge in [0.1, 0.15) is 19.0 Å². The van der Waals surface area contributed by atoms with Crippen LogP contribution in [0.4, 0.5) is 16.2 Å². The van der Waals surface area contributed by atoms with Gasteiger partial charge in [0.15, 0.2) is 0 Å². The number of hydrogen-bond donors (Lipinski definition) is 3. The van der Waals surface area contributed by atoms with E-state index in [1.807, 2.05) is 30.3 Å². The highest BCUT2D eigenvalue weighted by Crippen LogP contribution is 2.13. The second kappa shape index (κ2) is 9.94. The van der Waals surface area contributed by atoms with Crippen LogP contribution in [0.3, 0.4) is 0 Å². The quantitative estimate of drug-likeness (QED) is 0.643. The molecular formula is C18H21N3O4. The van der Waals surface area contributed by atoms with Crippen LogP contribution in [0, 0.1) is 0 Å². The van der Waals surface area contributed by atoms with Crippen LogP contribution in [0.1, 0.15) is 0 Å². The van der Waals surface area contributed by atoms with E-state index < -0.39 is 0 Å². The molecule has 0 aromatic heterocycles. The van der Waals surface area contributed by atoms with E-state index in [-0.39, 0.29) is 18.5 Å². The maximum Gasteiger partial charge on any atom is 0.319 e. The highest BCUT2D eigenvalue weighted by molar-refractivity contribution is 5.93. The van der Waals surface area contributed by atoms with E-state index >= 15 is 0 Å². The van der Waals surface area contributed by atoms with Gasteiger partial charge in [-0.2, -0.15) is 0 Å². The lowest BCUT2D eigenvalue weighted by molar-refractivity contribution is -0.119. The molecular weight excluding hydrogens is 322 g/mol. The second-order valence-corrected chi connectivity index (χ2v) is 5.10. The number of carbonyl (C=O) groups excluding carboxylic acids is 2. The van der Waals surface area contributed by atoms with E-state index in [4.69, 9.17) is 9.47 Å². The zero-order valence-corrected chi connectivity index (χ0v) is 14.0. The van der Waals surface area contributed by atoms with Gasteiger partial charge in [-0.05, 0) is 36.4 Å². The van der Waals surface area contributed by atoms with Crippen LogP contribution >= 0.6 is 0 Å². The first-order valence-electron chi connectivity index (χ1n) is 7.79. The van der Waals surface area contributed by atoms with Crippen molar-refractivity contribution in [1.29, 1.82) is 0 Å². The molecule has 0 saturated heterocycles. The summed E-state index contributed by atoms with van der Waals surface area (Å²) >= 11 is 0. The summed E-state index contributed by atoms with van der Waals surface area (Å²) < 4.78 is 10.2. The van der Waals surface area contributed by atoms with E-state index in [1.54, 1.807) is 24.3 Å². The molecule has 0 heterocycles. The smallest absolute Gasteiger partial charge is 0.319 e. The van der Waals surface area contributed by atoms with E-state index in [0.717, 1.165) is 5.75 Å². The number of nitrogens with one attached hydrogen (secondary N) is 3. The SMILES string of the molecule is COCC(=O)Nc1ccc(NC(=O)NCCOc2ccccc2)cc1. The third kappa shape index (κ3) is 6.92. The summed E-state index contributed by atoms with van der Waals surface area (Å²) in [5.74, 6) is 0.523. The average molecular weight is 343 g/mol. The van der Waals surface area contributed by atoms with Crippen molar-refractivity contribution in [3.05, 3.63) is 54.6 Å². The molecule has 2 rings (SSSR count). The Bertz CT molecular complexity index is 674. The monoisotopic (exact) mass is 343 g/mol. The van der Waals surface area contributed by atoms with Crippen LogP contribution in [-0.2, 0) is 9.53 Å². The predicted octanol–water partition coefficient (Wildman–Crippen LogP) is 2.47. The summed E-state index contributed by atoms with van der Waals surface area (Å²) in [7, 11) is 1.45. The summed E-state index contributed by atoms with van der Waals surface area (Å²) in [5, 5.41) is 8.08. The Hall–Kier alpha value is -3.06. The standard InChI is InChI=1S/C18H21N3O4/c1-24-13-17(22)20-14-7-9-15(10-8-14)21-18(23)19-11-12-25-16-5-3-2-4-6-16/h2-10H,11-13H2,1H3,(H,20,22)(H2,19,21,23). The Morgan fingerprint density at radius 1 is 0.920 bits per heavy atom. The van der Waals surface area contributed by atoms with Crippen LogP contribution in [-0.4, -0.2) is 38.8 Å². The van der Waals surface area contributed by atoms with Crippen LogP contribution < -0.4 is 20.7 Å². The molecule has 0 fully saturated rings. The number of benzene rings is 2. The largest absolute Gasteiger partial charge is 0.492 e. The van der Waals surface area contributed by atoms with Gasteiger partial charge in [0.25, 0.3) is 0 Å². The molecule has 7 nitrogen and oxygen atoms in total. The summed E-state index contributed by atoms with van der Waals surface area (Å²) in [6.45, 7) is 0.751. The lowest BCUT2D eigenvalue weighted by Gasteiger charge is -2.10. The fourth-order valence-corrected chi connectivity index (χ4v) is 1.99. The molecule has 132 valence electrons. The van der Waals surface area contributed by atoms with Gasteiger partial charge in [-0.3, -0.25) is 4.79 Å². The molecule has 0 bridgehead atoms. The first kappa shape index (κ1) is 18.3. The van der Waals surface area contributed by atoms with E-state index in [1.165, 1.54) is 7.11 Å². The van der Waals surface area contributed by atoms with Gasteiger partial charge in [0, 0.05) is 18.5 Å². The summed E-state index contributed by atoms with van der Waals surface area (Å²) in [6, 6.07) is 15.8. The molecule has 2 aromatic carbocycles. The molecule has 0 unspecified atom stereocenters. The normalized spacial score (nSPS) is 9.96. The van der Waals surface area contributed by atoms with E-state index in [9.17, 15) is 9.59 Å². The minimum absolute atomic E-state index is 0.00649. The first-order valence-corrected chi connectivity index (χ1v) is 7.79. The average Bonchev–Trinajstić information content (AvgIpc) is 2.61. The van der Waals surface area contributed by atoms with Crippen molar-refractivity contribution in [2.24, 2.45) is 0 Å². The molecule has 0 aliphatic rings. The Morgan fingerprint density at radius 3 is 2.20 bits per heavy atom. The zero-order chi connectivity index (χ0) is 17.9. The van der Waals surface area contributed by atoms with Crippen molar-refractivity contribution >= 4 is 23.3 Å². The zero-order valence-electron chi connectivity index (χ0n) is 14.0. The highest BCUT2D eigenvalue weighted by Gasteiger charge is 2.03. The maximum absolute atomic E-state index is 11.8. The number of anilines is 2. The number of hydrogen-bond acceptors (Lipinski definition) is 4. The molecule has 0 spiro atoms. The molecule has 2 aromatic rings. The number of methoxy groups -OCH3 is 1. The highest BCUT2D eigenvalue weighted by atomic mass is 16.5. The minimum Gasteiger partial charge on any atom is -0.492 e. The Labute approximate surface area is 146 Å². The molecule has 0 radical (unpaired) electrons. The Balaban J connectivity index is 1.68. The Kier molecular flexibility index (Phi) is 7.27. The Morgan fingerprint density at radius 2 is 1.56 bits per heavy atom. The molecule has 0 atom stereocenters. The van der Waals surface area contributed by atoms with Gasteiger partial charge in [-0.1, -0.05) is 18.2 Å². The number of urea groups is 1. The number of rotatable bonds is 8. The third-order valence-electron chi connectivity index (χ3n) is 3.10. The van der Waals surface area contributed by atoms with Crippen LogP contribution in [0.5, 0.6) is 5.75 Å². The summed E-state index contributed by atoms with van der Waals surface area (Å²) in [4.78, 5) is 23.2. The van der Waals surface area contributed by atoms with Gasteiger partial charge in [0.2, 0.25) is 5.91 Å². The number of para-hydroxylation sites is 1. The van der Waals surface area contributed by atoms with Crippen molar-refractivity contribution in [3.63, 3.8) is 0 Å². The lowest BCUT2D eigenvalue weighted by Crippen LogP contribution is -2.32. The maximum atomic E-state index is 11.8. The van der Waals surface area contributed by atoms with Crippen LogP contribution in [0.2, 0.25) is 0 Å². The van der Waals surface area contributed by atoms with Crippen LogP contribution in [0.15, 0.2) is 54.6 Å². The summed E-state index contributed by atoms with van der Waals surface area (Å²) in [6.07, 6.45) is 0. The minimum atomic E-state index is -0.326. The van der Waals surface area contributed by atoms with Gasteiger partial charge >= 0.3 is 6.03 Å². The van der Waals surface area contributed by atoms with Gasteiger partial charge in [-0.25, -0.2) is 4.79 Å². The number of amides is 3. The van der Waals surface area contributed by atoms with Crippen molar-refractivity contribution in [2.75, 3.05) is 37.5 Å². The van der Waals surface area contributed by atoms with Crippen LogP contribution in [0.25, 0.3) is 0 Å². The molecule has 3 N–H and O–H groups in total.